The summed E-state index contributed by atoms with van der Waals surface area (Å²) in [5.41, 5.74) is 1.03. The molecule has 0 unspecified atom stereocenters. The maximum absolute atomic E-state index is 12.4. The zero-order chi connectivity index (χ0) is 14.8. The molecule has 6 heteroatoms. The molecule has 1 aliphatic heterocycles. The lowest BCUT2D eigenvalue weighted by molar-refractivity contribution is -0.133. The summed E-state index contributed by atoms with van der Waals surface area (Å²) >= 11 is 0. The molecule has 112 valence electrons. The Kier molecular flexibility index (Phi) is 3.77. The molecular formula is C15H21N5O. The van der Waals surface area contributed by atoms with Gasteiger partial charge in [-0.25, -0.2) is 4.98 Å². The van der Waals surface area contributed by atoms with E-state index in [0.717, 1.165) is 37.4 Å². The molecule has 2 aromatic rings. The van der Waals surface area contributed by atoms with Gasteiger partial charge in [0.1, 0.15) is 12.4 Å². The number of hydrogen-bond acceptors (Lipinski definition) is 3. The quantitative estimate of drug-likeness (QED) is 0.856. The molecule has 0 radical (unpaired) electrons. The van der Waals surface area contributed by atoms with Crippen LogP contribution in [0.15, 0.2) is 24.7 Å². The highest BCUT2D eigenvalue weighted by Crippen LogP contribution is 2.26. The highest BCUT2D eigenvalue weighted by Gasteiger charge is 2.27. The van der Waals surface area contributed by atoms with Gasteiger partial charge in [0.15, 0.2) is 0 Å². The van der Waals surface area contributed by atoms with Crippen LogP contribution in [0.25, 0.3) is 0 Å². The van der Waals surface area contributed by atoms with Gasteiger partial charge >= 0.3 is 0 Å². The minimum atomic E-state index is 0.134. The van der Waals surface area contributed by atoms with E-state index in [4.69, 9.17) is 0 Å². The molecule has 21 heavy (non-hydrogen) atoms. The van der Waals surface area contributed by atoms with Crippen molar-refractivity contribution in [3.05, 3.63) is 36.2 Å². The van der Waals surface area contributed by atoms with Crippen molar-refractivity contribution in [2.24, 2.45) is 7.05 Å². The van der Waals surface area contributed by atoms with E-state index in [1.807, 2.05) is 37.3 Å². The minimum Gasteiger partial charge on any atom is -0.340 e. The summed E-state index contributed by atoms with van der Waals surface area (Å²) in [5.74, 6) is 1.55. The minimum absolute atomic E-state index is 0.134. The van der Waals surface area contributed by atoms with Crippen molar-refractivity contribution < 1.29 is 4.79 Å². The van der Waals surface area contributed by atoms with E-state index in [1.54, 1.807) is 10.9 Å². The molecule has 6 nitrogen and oxygen atoms in total. The first-order chi connectivity index (χ1) is 10.1. The molecule has 2 aromatic heterocycles. The number of aryl methyl sites for hydroxylation is 2. The van der Waals surface area contributed by atoms with E-state index >= 15 is 0 Å². The van der Waals surface area contributed by atoms with Gasteiger partial charge in [-0.05, 0) is 25.8 Å². The average Bonchev–Trinajstić information content (AvgIpc) is 3.08. The molecule has 3 heterocycles. The van der Waals surface area contributed by atoms with Crippen LogP contribution in [-0.4, -0.2) is 43.2 Å². The van der Waals surface area contributed by atoms with Gasteiger partial charge in [0.25, 0.3) is 0 Å². The van der Waals surface area contributed by atoms with Crippen molar-refractivity contribution in [2.75, 3.05) is 13.1 Å². The Morgan fingerprint density at radius 1 is 1.48 bits per heavy atom. The van der Waals surface area contributed by atoms with Gasteiger partial charge in [-0.1, -0.05) is 0 Å². The molecule has 0 saturated carbocycles. The highest BCUT2D eigenvalue weighted by atomic mass is 16.2. The first kappa shape index (κ1) is 13.9. The van der Waals surface area contributed by atoms with Gasteiger partial charge in [0.2, 0.25) is 5.91 Å². The van der Waals surface area contributed by atoms with Gasteiger partial charge in [-0.2, -0.15) is 5.10 Å². The molecule has 1 amide bonds. The molecule has 1 atom stereocenters. The van der Waals surface area contributed by atoms with Crippen LogP contribution in [-0.2, 0) is 18.4 Å². The Morgan fingerprint density at radius 2 is 2.33 bits per heavy atom. The molecular weight excluding hydrogens is 266 g/mol. The van der Waals surface area contributed by atoms with Gasteiger partial charge < -0.3 is 9.47 Å². The second-order valence-corrected chi connectivity index (χ2v) is 5.73. The lowest BCUT2D eigenvalue weighted by Crippen LogP contribution is -2.41. The van der Waals surface area contributed by atoms with E-state index in [2.05, 4.69) is 14.6 Å². The van der Waals surface area contributed by atoms with Crippen molar-refractivity contribution in [1.29, 1.82) is 0 Å². The number of aromatic nitrogens is 4. The van der Waals surface area contributed by atoms with E-state index in [-0.39, 0.29) is 5.91 Å². The highest BCUT2D eigenvalue weighted by molar-refractivity contribution is 5.76. The Labute approximate surface area is 124 Å². The van der Waals surface area contributed by atoms with Crippen molar-refractivity contribution in [1.82, 2.24) is 24.2 Å². The third kappa shape index (κ3) is 2.99. The lowest BCUT2D eigenvalue weighted by atomic mass is 9.97. The smallest absolute Gasteiger partial charge is 0.244 e. The van der Waals surface area contributed by atoms with Crippen molar-refractivity contribution in [2.45, 2.75) is 32.2 Å². The number of carbonyl (C=O) groups excluding carboxylic acids is 1. The predicted octanol–water partition coefficient (Wildman–Crippen LogP) is 1.33. The van der Waals surface area contributed by atoms with Crippen LogP contribution in [0.2, 0.25) is 0 Å². The summed E-state index contributed by atoms with van der Waals surface area (Å²) in [5, 5.41) is 4.10. The number of imidazole rings is 1. The van der Waals surface area contributed by atoms with Crippen molar-refractivity contribution in [3.63, 3.8) is 0 Å². The maximum Gasteiger partial charge on any atom is 0.244 e. The summed E-state index contributed by atoms with van der Waals surface area (Å²) in [7, 11) is 2.03. The molecule has 1 saturated heterocycles. The van der Waals surface area contributed by atoms with Crippen LogP contribution in [0.3, 0.4) is 0 Å². The van der Waals surface area contributed by atoms with Gasteiger partial charge in [0.05, 0.1) is 5.69 Å². The normalized spacial score (nSPS) is 19.0. The SMILES string of the molecule is Cc1cn(C)c([C@@H]2CCCN(C(=O)Cn3cccn3)C2)n1. The van der Waals surface area contributed by atoms with Crippen LogP contribution in [0.5, 0.6) is 0 Å². The van der Waals surface area contributed by atoms with Gasteiger partial charge in [-0.3, -0.25) is 9.48 Å². The summed E-state index contributed by atoms with van der Waals surface area (Å²) in [6.07, 6.45) is 7.68. The van der Waals surface area contributed by atoms with Crippen LogP contribution in [0, 0.1) is 6.92 Å². The first-order valence-corrected chi connectivity index (χ1v) is 7.38. The second kappa shape index (κ2) is 5.71. The van der Waals surface area contributed by atoms with E-state index < -0.39 is 0 Å². The summed E-state index contributed by atoms with van der Waals surface area (Å²) in [6.45, 7) is 3.91. The van der Waals surface area contributed by atoms with Crippen LogP contribution in [0.1, 0.15) is 30.3 Å². The van der Waals surface area contributed by atoms with E-state index in [0.29, 0.717) is 12.5 Å². The predicted molar refractivity (Wildman–Crippen MR) is 78.7 cm³/mol. The number of carbonyl (C=O) groups is 1. The Bertz CT molecular complexity index is 616. The molecule has 0 bridgehead atoms. The fourth-order valence-electron chi connectivity index (χ4n) is 3.06. The van der Waals surface area contributed by atoms with Crippen LogP contribution >= 0.6 is 0 Å². The number of rotatable bonds is 3. The number of nitrogens with zero attached hydrogens (tertiary/aromatic N) is 5. The first-order valence-electron chi connectivity index (χ1n) is 7.38. The Balaban J connectivity index is 1.68. The van der Waals surface area contributed by atoms with Gasteiger partial charge in [0, 0.05) is 44.6 Å². The molecule has 0 aromatic carbocycles. The zero-order valence-corrected chi connectivity index (χ0v) is 12.6. The summed E-state index contributed by atoms with van der Waals surface area (Å²) < 4.78 is 3.76. The molecule has 1 aliphatic rings. The number of piperidine rings is 1. The standard InChI is InChI=1S/C15H21N5O/c1-12-9-18(2)15(17-12)13-5-3-7-19(10-13)14(21)11-20-8-4-6-16-20/h4,6,8-9,13H,3,5,7,10-11H2,1-2H3/t13-/m1/s1. The fraction of sp³-hybridized carbons (Fsp3) is 0.533. The maximum atomic E-state index is 12.4. The van der Waals surface area contributed by atoms with Crippen LogP contribution in [0.4, 0.5) is 0 Å². The lowest BCUT2D eigenvalue weighted by Gasteiger charge is -2.32. The number of amides is 1. The molecule has 0 aliphatic carbocycles. The molecule has 0 spiro atoms. The fourth-order valence-corrected chi connectivity index (χ4v) is 3.06. The Hall–Kier alpha value is -2.11. The monoisotopic (exact) mass is 287 g/mol. The molecule has 0 N–H and O–H groups in total. The Morgan fingerprint density at radius 3 is 3.00 bits per heavy atom. The number of likely N-dealkylation sites (tertiary alicyclic amines) is 1. The van der Waals surface area contributed by atoms with E-state index in [9.17, 15) is 4.79 Å². The van der Waals surface area contributed by atoms with E-state index in [1.165, 1.54) is 0 Å². The summed E-state index contributed by atoms with van der Waals surface area (Å²) in [4.78, 5) is 18.9. The van der Waals surface area contributed by atoms with Gasteiger partial charge in [-0.15, -0.1) is 0 Å². The largest absolute Gasteiger partial charge is 0.340 e. The van der Waals surface area contributed by atoms with Crippen LogP contribution < -0.4 is 0 Å². The average molecular weight is 287 g/mol. The third-order valence-electron chi connectivity index (χ3n) is 4.03. The van der Waals surface area contributed by atoms with Crippen molar-refractivity contribution >= 4 is 5.91 Å². The van der Waals surface area contributed by atoms with Crippen molar-refractivity contribution in [3.8, 4) is 0 Å². The topological polar surface area (TPSA) is 56.0 Å². The molecule has 3 rings (SSSR count). The zero-order valence-electron chi connectivity index (χ0n) is 12.6. The third-order valence-corrected chi connectivity index (χ3v) is 4.03. The number of hydrogen-bond donors (Lipinski definition) is 0. The second-order valence-electron chi connectivity index (χ2n) is 5.73. The summed E-state index contributed by atoms with van der Waals surface area (Å²) in [6, 6.07) is 1.84. The molecule has 1 fully saturated rings.